The number of hydrogen-bond acceptors (Lipinski definition) is 3. The van der Waals surface area contributed by atoms with Gasteiger partial charge in [-0.2, -0.15) is 11.8 Å². The van der Waals surface area contributed by atoms with Gasteiger partial charge in [0.2, 0.25) is 0 Å². The van der Waals surface area contributed by atoms with Crippen LogP contribution in [-0.2, 0) is 0 Å². The molecule has 0 heterocycles. The zero-order valence-electron chi connectivity index (χ0n) is 23.5. The van der Waals surface area contributed by atoms with E-state index in [0.29, 0.717) is 12.2 Å². The smallest absolute Gasteiger partial charge is 0.185 e. The number of hydrogen-bond donors (Lipinski definition) is 0. The Bertz CT molecular complexity index is 861. The van der Waals surface area contributed by atoms with Gasteiger partial charge in [-0.15, -0.1) is 0 Å². The Balaban J connectivity index is 1.54. The molecule has 0 saturated heterocycles. The molecule has 0 aliphatic rings. The summed E-state index contributed by atoms with van der Waals surface area (Å²) in [7, 11) is 0. The second-order valence-electron chi connectivity index (χ2n) is 10.2. The number of ether oxygens (including phenoxy) is 1. The lowest BCUT2D eigenvalue weighted by atomic mass is 10.0. The molecule has 0 spiro atoms. The Kier molecular flexibility index (Phi) is 17.7. The SMILES string of the molecule is CCCCCCCCCCCCCCC(CCCOc1cccc(C(=O)C=Cc2ccccc2)c1)SC. The minimum absolute atomic E-state index is 0.000779. The fraction of sp³-hybridized carbons (Fsp3) is 0.559. The number of carbonyl (C=O) groups excluding carboxylic acids is 1. The second-order valence-corrected chi connectivity index (χ2v) is 11.3. The first-order chi connectivity index (χ1) is 18.2. The van der Waals surface area contributed by atoms with Crippen molar-refractivity contribution in [2.45, 2.75) is 108 Å². The van der Waals surface area contributed by atoms with Crippen LogP contribution in [0, 0.1) is 0 Å². The summed E-state index contributed by atoms with van der Waals surface area (Å²) in [5.74, 6) is 0.778. The van der Waals surface area contributed by atoms with Crippen molar-refractivity contribution in [3.05, 3.63) is 71.8 Å². The van der Waals surface area contributed by atoms with Crippen LogP contribution in [0.5, 0.6) is 5.75 Å². The average molecular weight is 523 g/mol. The molecule has 1 atom stereocenters. The highest BCUT2D eigenvalue weighted by atomic mass is 32.2. The standard InChI is InChI=1S/C34H50O2S/c1-3-4-5-6-7-8-9-10-11-12-13-17-24-33(37-2)25-19-28-36-32-23-18-22-31(29-32)34(35)27-26-30-20-15-14-16-21-30/h14-16,18,20-23,26-27,29,33H,3-13,17,19,24-25,28H2,1-2H3. The van der Waals surface area contributed by atoms with Gasteiger partial charge in [0, 0.05) is 10.8 Å². The molecule has 0 aliphatic heterocycles. The van der Waals surface area contributed by atoms with E-state index in [-0.39, 0.29) is 5.78 Å². The van der Waals surface area contributed by atoms with Gasteiger partial charge in [-0.25, -0.2) is 0 Å². The van der Waals surface area contributed by atoms with E-state index in [9.17, 15) is 4.79 Å². The number of allylic oxidation sites excluding steroid dienone is 1. The van der Waals surface area contributed by atoms with Gasteiger partial charge < -0.3 is 4.74 Å². The number of unbranched alkanes of at least 4 members (excludes halogenated alkanes) is 11. The van der Waals surface area contributed by atoms with Crippen molar-refractivity contribution in [1.29, 1.82) is 0 Å². The van der Waals surface area contributed by atoms with Gasteiger partial charge in [-0.05, 0) is 49.3 Å². The molecule has 0 N–H and O–H groups in total. The number of rotatable bonds is 22. The summed E-state index contributed by atoms with van der Waals surface area (Å²) in [6.45, 7) is 2.99. The summed E-state index contributed by atoms with van der Waals surface area (Å²) in [6.07, 6.45) is 26.2. The summed E-state index contributed by atoms with van der Waals surface area (Å²) in [4.78, 5) is 12.5. The molecule has 0 amide bonds. The van der Waals surface area contributed by atoms with E-state index in [4.69, 9.17) is 4.74 Å². The van der Waals surface area contributed by atoms with Crippen molar-refractivity contribution in [2.24, 2.45) is 0 Å². The normalized spacial score (nSPS) is 12.2. The van der Waals surface area contributed by atoms with Gasteiger partial charge >= 0.3 is 0 Å². The van der Waals surface area contributed by atoms with Crippen molar-refractivity contribution in [3.63, 3.8) is 0 Å². The molecule has 2 nitrogen and oxygen atoms in total. The molecular weight excluding hydrogens is 472 g/mol. The minimum atomic E-state index is -0.000779. The van der Waals surface area contributed by atoms with Crippen LogP contribution in [0.15, 0.2) is 60.7 Å². The highest BCUT2D eigenvalue weighted by Crippen LogP contribution is 2.22. The molecule has 2 aromatic carbocycles. The van der Waals surface area contributed by atoms with Gasteiger partial charge in [0.05, 0.1) is 6.61 Å². The monoisotopic (exact) mass is 522 g/mol. The Morgan fingerprint density at radius 1 is 0.784 bits per heavy atom. The van der Waals surface area contributed by atoms with Crippen molar-refractivity contribution in [3.8, 4) is 5.75 Å². The average Bonchev–Trinajstić information content (AvgIpc) is 2.94. The maximum absolute atomic E-state index is 12.5. The highest BCUT2D eigenvalue weighted by Gasteiger charge is 2.08. The molecule has 0 saturated carbocycles. The van der Waals surface area contributed by atoms with E-state index in [1.54, 1.807) is 6.08 Å². The van der Waals surface area contributed by atoms with Crippen LogP contribution in [-0.4, -0.2) is 23.9 Å². The third kappa shape index (κ3) is 15.1. The van der Waals surface area contributed by atoms with E-state index in [2.05, 4.69) is 13.2 Å². The molecular formula is C34H50O2S. The number of ketones is 1. The van der Waals surface area contributed by atoms with E-state index < -0.39 is 0 Å². The quantitative estimate of drug-likeness (QED) is 0.0873. The van der Waals surface area contributed by atoms with E-state index in [1.807, 2.05) is 72.4 Å². The van der Waals surface area contributed by atoms with Crippen molar-refractivity contribution in [2.75, 3.05) is 12.9 Å². The molecule has 2 rings (SSSR count). The zero-order chi connectivity index (χ0) is 26.4. The molecule has 0 aromatic heterocycles. The van der Waals surface area contributed by atoms with E-state index in [1.165, 1.54) is 89.9 Å². The summed E-state index contributed by atoms with van der Waals surface area (Å²) in [6, 6.07) is 17.4. The van der Waals surface area contributed by atoms with Crippen molar-refractivity contribution in [1.82, 2.24) is 0 Å². The number of thioether (sulfide) groups is 1. The van der Waals surface area contributed by atoms with Crippen molar-refractivity contribution < 1.29 is 9.53 Å². The molecule has 0 aliphatic carbocycles. The third-order valence-corrected chi connectivity index (χ3v) is 8.14. The fourth-order valence-electron chi connectivity index (χ4n) is 4.67. The first kappa shape index (κ1) is 31.2. The summed E-state index contributed by atoms with van der Waals surface area (Å²) < 4.78 is 5.99. The molecule has 204 valence electrons. The lowest BCUT2D eigenvalue weighted by molar-refractivity contribution is 0.104. The highest BCUT2D eigenvalue weighted by molar-refractivity contribution is 7.99. The van der Waals surface area contributed by atoms with Gasteiger partial charge in [0.15, 0.2) is 5.78 Å². The zero-order valence-corrected chi connectivity index (χ0v) is 24.3. The topological polar surface area (TPSA) is 26.3 Å². The van der Waals surface area contributed by atoms with Crippen LogP contribution in [0.1, 0.15) is 119 Å². The van der Waals surface area contributed by atoms with E-state index in [0.717, 1.165) is 23.0 Å². The second kappa shape index (κ2) is 21.0. The predicted octanol–water partition coefficient (Wildman–Crippen LogP) is 10.6. The Morgan fingerprint density at radius 3 is 2.05 bits per heavy atom. The van der Waals surface area contributed by atoms with Crippen LogP contribution in [0.25, 0.3) is 6.08 Å². The molecule has 0 radical (unpaired) electrons. The van der Waals surface area contributed by atoms with Crippen LogP contribution >= 0.6 is 11.8 Å². The predicted molar refractivity (Wildman–Crippen MR) is 164 cm³/mol. The third-order valence-electron chi connectivity index (χ3n) is 7.00. The Hall–Kier alpha value is -2.00. The number of benzene rings is 2. The molecule has 2 aromatic rings. The lowest BCUT2D eigenvalue weighted by Crippen LogP contribution is -2.06. The summed E-state index contributed by atoms with van der Waals surface area (Å²) in [5.41, 5.74) is 1.69. The maximum atomic E-state index is 12.5. The van der Waals surface area contributed by atoms with Gasteiger partial charge in [0.1, 0.15) is 5.75 Å². The van der Waals surface area contributed by atoms with Gasteiger partial charge in [0.25, 0.3) is 0 Å². The van der Waals surface area contributed by atoms with Crippen LogP contribution in [0.3, 0.4) is 0 Å². The van der Waals surface area contributed by atoms with Crippen molar-refractivity contribution >= 4 is 23.6 Å². The fourth-order valence-corrected chi connectivity index (χ4v) is 5.47. The minimum Gasteiger partial charge on any atom is -0.494 e. The molecule has 37 heavy (non-hydrogen) atoms. The molecule has 3 heteroatoms. The molecule has 0 bridgehead atoms. The maximum Gasteiger partial charge on any atom is 0.185 e. The summed E-state index contributed by atoms with van der Waals surface area (Å²) >= 11 is 2.00. The largest absolute Gasteiger partial charge is 0.494 e. The van der Waals surface area contributed by atoms with E-state index >= 15 is 0 Å². The summed E-state index contributed by atoms with van der Waals surface area (Å²) in [5, 5.41) is 0.725. The van der Waals surface area contributed by atoms with Gasteiger partial charge in [-0.1, -0.05) is 133 Å². The van der Waals surface area contributed by atoms with Gasteiger partial charge in [-0.3, -0.25) is 4.79 Å². The molecule has 1 unspecified atom stereocenters. The number of carbonyl (C=O) groups is 1. The van der Waals surface area contributed by atoms with Crippen LogP contribution < -0.4 is 4.74 Å². The lowest BCUT2D eigenvalue weighted by Gasteiger charge is -2.14. The van der Waals surface area contributed by atoms with Crippen LogP contribution in [0.2, 0.25) is 0 Å². The Morgan fingerprint density at radius 2 is 1.41 bits per heavy atom. The Labute approximate surface area is 231 Å². The molecule has 0 fully saturated rings. The first-order valence-electron chi connectivity index (χ1n) is 14.8. The first-order valence-corrected chi connectivity index (χ1v) is 16.0. The van der Waals surface area contributed by atoms with Crippen LogP contribution in [0.4, 0.5) is 0 Å².